The Labute approximate surface area is 300 Å². The standard InChI is InChI=1S/C38H40N6O8/c1-50-33-19-26(20-34(51-2)36(33)52-3)37(46)39-30-18-25(38(47)41-15-13-40(14-16-41)28-8-10-29(11-9-28)44(48)49)7-12-32(30)42-21-24-17-27(23-42)31-5-4-6-35(45)43(31)22-24/h4-12,18-20,24,27H,13-17,21-23H2,1-3H3,(H,39,46). The third-order valence-corrected chi connectivity index (χ3v) is 10.2. The quantitative estimate of drug-likeness (QED) is 0.193. The van der Waals surface area contributed by atoms with Crippen molar-refractivity contribution in [1.82, 2.24) is 9.47 Å². The van der Waals surface area contributed by atoms with E-state index in [0.29, 0.717) is 74.3 Å². The molecule has 2 fully saturated rings. The van der Waals surface area contributed by atoms with Gasteiger partial charge >= 0.3 is 0 Å². The molecule has 0 saturated carbocycles. The lowest BCUT2D eigenvalue weighted by atomic mass is 9.83. The summed E-state index contributed by atoms with van der Waals surface area (Å²) in [5.74, 6) is 0.816. The highest BCUT2D eigenvalue weighted by Gasteiger charge is 2.36. The van der Waals surface area contributed by atoms with Gasteiger partial charge in [-0.2, -0.15) is 0 Å². The fourth-order valence-corrected chi connectivity index (χ4v) is 7.68. The van der Waals surface area contributed by atoms with Gasteiger partial charge in [-0.05, 0) is 60.9 Å². The summed E-state index contributed by atoms with van der Waals surface area (Å²) < 4.78 is 18.3. The zero-order valence-electron chi connectivity index (χ0n) is 29.2. The van der Waals surface area contributed by atoms with E-state index >= 15 is 0 Å². The van der Waals surface area contributed by atoms with Crippen molar-refractivity contribution in [1.29, 1.82) is 0 Å². The summed E-state index contributed by atoms with van der Waals surface area (Å²) in [6, 6.07) is 20.4. The molecule has 1 aromatic heterocycles. The molecule has 2 bridgehead atoms. The van der Waals surface area contributed by atoms with Gasteiger partial charge in [0.1, 0.15) is 0 Å². The molecule has 0 aliphatic carbocycles. The molecule has 0 spiro atoms. The van der Waals surface area contributed by atoms with Crippen LogP contribution in [0, 0.1) is 16.0 Å². The number of anilines is 3. The van der Waals surface area contributed by atoms with Crippen LogP contribution in [0.5, 0.6) is 17.2 Å². The van der Waals surface area contributed by atoms with Crippen LogP contribution in [0.3, 0.4) is 0 Å². The maximum Gasteiger partial charge on any atom is 0.269 e. The molecule has 14 heteroatoms. The van der Waals surface area contributed by atoms with Crippen LogP contribution in [-0.4, -0.2) is 86.8 Å². The van der Waals surface area contributed by atoms with Crippen molar-refractivity contribution < 1.29 is 28.7 Å². The number of carbonyl (C=O) groups is 2. The number of rotatable bonds is 9. The number of carbonyl (C=O) groups excluding carboxylic acids is 2. The van der Waals surface area contributed by atoms with Crippen molar-refractivity contribution in [3.8, 4) is 17.2 Å². The Morgan fingerprint density at radius 3 is 2.17 bits per heavy atom. The topological polar surface area (TPSA) is 149 Å². The number of nitrogens with one attached hydrogen (secondary N) is 1. The lowest BCUT2D eigenvalue weighted by molar-refractivity contribution is -0.384. The summed E-state index contributed by atoms with van der Waals surface area (Å²) in [5.41, 5.74) is 3.89. The molecule has 1 N–H and O–H groups in total. The minimum absolute atomic E-state index is 0.00962. The van der Waals surface area contributed by atoms with Crippen molar-refractivity contribution >= 4 is 34.6 Å². The Hall–Kier alpha value is -6.05. The van der Waals surface area contributed by atoms with Crippen LogP contribution >= 0.6 is 0 Å². The van der Waals surface area contributed by atoms with Crippen LogP contribution in [0.4, 0.5) is 22.7 Å². The van der Waals surface area contributed by atoms with Crippen molar-refractivity contribution in [3.05, 3.63) is 110 Å². The van der Waals surface area contributed by atoms with Crippen LogP contribution in [0.2, 0.25) is 0 Å². The largest absolute Gasteiger partial charge is 0.493 e. The smallest absolute Gasteiger partial charge is 0.269 e. The zero-order valence-corrected chi connectivity index (χ0v) is 29.2. The minimum atomic E-state index is -0.425. The highest BCUT2D eigenvalue weighted by atomic mass is 16.6. The molecule has 2 saturated heterocycles. The van der Waals surface area contributed by atoms with Gasteiger partial charge in [-0.3, -0.25) is 24.5 Å². The first-order valence-corrected chi connectivity index (χ1v) is 17.2. The fourth-order valence-electron chi connectivity index (χ4n) is 7.68. The number of fused-ring (bicyclic) bond motifs is 4. The van der Waals surface area contributed by atoms with Crippen LogP contribution in [0.15, 0.2) is 77.6 Å². The average molecular weight is 709 g/mol. The summed E-state index contributed by atoms with van der Waals surface area (Å²) in [6.07, 6.45) is 0.968. The van der Waals surface area contributed by atoms with Gasteiger partial charge in [0.2, 0.25) is 5.75 Å². The van der Waals surface area contributed by atoms with E-state index in [1.54, 1.807) is 47.4 Å². The zero-order chi connectivity index (χ0) is 36.5. The Kier molecular flexibility index (Phi) is 9.45. The van der Waals surface area contributed by atoms with Crippen LogP contribution in [-0.2, 0) is 6.54 Å². The van der Waals surface area contributed by atoms with Gasteiger partial charge in [-0.1, -0.05) is 6.07 Å². The molecule has 52 heavy (non-hydrogen) atoms. The number of non-ortho nitro benzene ring substituents is 1. The van der Waals surface area contributed by atoms with E-state index in [4.69, 9.17) is 14.2 Å². The number of aromatic nitrogens is 1. The molecule has 2 atom stereocenters. The second-order valence-electron chi connectivity index (χ2n) is 13.3. The molecular formula is C38H40N6O8. The number of benzene rings is 3. The van der Waals surface area contributed by atoms with Crippen molar-refractivity contribution in [3.63, 3.8) is 0 Å². The van der Waals surface area contributed by atoms with Gasteiger partial charge in [-0.15, -0.1) is 0 Å². The SMILES string of the molecule is COc1cc(C(=O)Nc2cc(C(=O)N3CCN(c4ccc([N+](=O)[O-])cc4)CC3)ccc2N2CC3CC(C2)c2cccc(=O)n2C3)cc(OC)c1OC. The number of nitrogens with zero attached hydrogens (tertiary/aromatic N) is 5. The summed E-state index contributed by atoms with van der Waals surface area (Å²) in [5, 5.41) is 14.2. The van der Waals surface area contributed by atoms with E-state index < -0.39 is 10.8 Å². The molecule has 14 nitrogen and oxygen atoms in total. The third-order valence-electron chi connectivity index (χ3n) is 10.2. The number of piperazine rings is 1. The normalized spacial score (nSPS) is 17.9. The number of hydrogen-bond acceptors (Lipinski definition) is 10. The first-order chi connectivity index (χ1) is 25.2. The summed E-state index contributed by atoms with van der Waals surface area (Å²) >= 11 is 0. The first-order valence-electron chi connectivity index (χ1n) is 17.2. The molecule has 2 unspecified atom stereocenters. The van der Waals surface area contributed by atoms with Gasteiger partial charge in [-0.25, -0.2) is 0 Å². The molecule has 4 aromatic rings. The van der Waals surface area contributed by atoms with Crippen molar-refractivity contribution in [2.45, 2.75) is 18.9 Å². The molecule has 7 rings (SSSR count). The molecule has 3 aliphatic rings. The fraction of sp³-hybridized carbons (Fsp3) is 0.342. The predicted molar refractivity (Wildman–Crippen MR) is 195 cm³/mol. The van der Waals surface area contributed by atoms with Crippen molar-refractivity contribution in [2.75, 3.05) is 75.7 Å². The second kappa shape index (κ2) is 14.3. The van der Waals surface area contributed by atoms with E-state index in [9.17, 15) is 24.5 Å². The summed E-state index contributed by atoms with van der Waals surface area (Å²) in [7, 11) is 4.46. The number of piperidine rings is 1. The Bertz CT molecular complexity index is 2050. The van der Waals surface area contributed by atoms with Crippen LogP contribution < -0.4 is 34.9 Å². The van der Waals surface area contributed by atoms with Gasteiger partial charge in [0.05, 0.1) is 37.6 Å². The van der Waals surface area contributed by atoms with Gasteiger partial charge in [0.15, 0.2) is 11.5 Å². The Morgan fingerprint density at radius 2 is 1.52 bits per heavy atom. The van der Waals surface area contributed by atoms with Crippen LogP contribution in [0.1, 0.15) is 38.7 Å². The second-order valence-corrected chi connectivity index (χ2v) is 13.3. The molecular weight excluding hydrogens is 668 g/mol. The maximum atomic E-state index is 14.0. The highest BCUT2D eigenvalue weighted by molar-refractivity contribution is 6.08. The molecule has 2 amide bonds. The number of amides is 2. The Balaban J connectivity index is 1.16. The number of pyridine rings is 1. The molecule has 0 radical (unpaired) electrons. The first kappa shape index (κ1) is 34.4. The number of methoxy groups -OCH3 is 3. The monoisotopic (exact) mass is 708 g/mol. The summed E-state index contributed by atoms with van der Waals surface area (Å²) in [6.45, 7) is 3.99. The summed E-state index contributed by atoms with van der Waals surface area (Å²) in [4.78, 5) is 57.3. The highest BCUT2D eigenvalue weighted by Crippen LogP contribution is 2.41. The lowest BCUT2D eigenvalue weighted by Gasteiger charge is -2.44. The lowest BCUT2D eigenvalue weighted by Crippen LogP contribution is -2.49. The van der Waals surface area contributed by atoms with E-state index in [-0.39, 0.29) is 34.6 Å². The van der Waals surface area contributed by atoms with E-state index in [2.05, 4.69) is 15.1 Å². The predicted octanol–water partition coefficient (Wildman–Crippen LogP) is 4.62. The van der Waals surface area contributed by atoms with Crippen molar-refractivity contribution in [2.24, 2.45) is 5.92 Å². The number of hydrogen-bond donors (Lipinski definition) is 1. The average Bonchev–Trinajstić information content (AvgIpc) is 3.17. The molecule has 270 valence electrons. The molecule has 3 aliphatic heterocycles. The maximum absolute atomic E-state index is 14.0. The molecule has 4 heterocycles. The van der Waals surface area contributed by atoms with E-state index in [1.165, 1.54) is 33.5 Å². The number of ether oxygens (including phenoxy) is 3. The Morgan fingerprint density at radius 1 is 0.808 bits per heavy atom. The van der Waals surface area contributed by atoms with Gasteiger partial charge in [0.25, 0.3) is 23.1 Å². The van der Waals surface area contributed by atoms with Gasteiger partial charge in [0, 0.05) is 92.4 Å². The van der Waals surface area contributed by atoms with E-state index in [0.717, 1.165) is 23.5 Å². The number of nitro groups is 1. The van der Waals surface area contributed by atoms with E-state index in [1.807, 2.05) is 22.8 Å². The minimum Gasteiger partial charge on any atom is -0.493 e. The van der Waals surface area contributed by atoms with Crippen LogP contribution in [0.25, 0.3) is 0 Å². The van der Waals surface area contributed by atoms with Gasteiger partial charge < -0.3 is 38.8 Å². The molecule has 3 aromatic carbocycles. The third kappa shape index (κ3) is 6.59. The number of nitro benzene ring substituents is 1.